The number of benzene rings is 2. The molecule has 1 atom stereocenters. The molecule has 1 amide bonds. The molecule has 0 fully saturated rings. The molecule has 3 N–H and O–H groups in total. The molecular weight excluding hydrogens is 272 g/mol. The Morgan fingerprint density at radius 1 is 1.09 bits per heavy atom. The van der Waals surface area contributed by atoms with E-state index in [0.29, 0.717) is 0 Å². The van der Waals surface area contributed by atoms with Crippen molar-refractivity contribution in [1.29, 1.82) is 0 Å². The van der Waals surface area contributed by atoms with Gasteiger partial charge in [-0.1, -0.05) is 61.4 Å². The smallest absolute Gasteiger partial charge is 0.287 e. The number of aryl methyl sites for hydroxylation is 1. The number of carbonyl (C=O) groups is 1. The molecule has 3 nitrogen and oxygen atoms in total. The Morgan fingerprint density at radius 2 is 1.77 bits per heavy atom. The Hall–Kier alpha value is -2.13. The van der Waals surface area contributed by atoms with E-state index in [0.717, 1.165) is 30.6 Å². The topological polar surface area (TPSA) is 45.7 Å². The third-order valence-corrected chi connectivity index (χ3v) is 3.72. The molecule has 0 saturated carbocycles. The predicted octanol–water partition coefficient (Wildman–Crippen LogP) is 3.04. The minimum Gasteiger partial charge on any atom is -0.332 e. The van der Waals surface area contributed by atoms with E-state index in [9.17, 15) is 4.79 Å². The van der Waals surface area contributed by atoms with Crippen LogP contribution < -0.4 is 10.6 Å². The molecule has 0 unspecified atom stereocenters. The first kappa shape index (κ1) is 16.2. The average molecular weight is 297 g/mol. The molecule has 22 heavy (non-hydrogen) atoms. The number of amides is 1. The molecule has 0 radical (unpaired) electrons. The van der Waals surface area contributed by atoms with Gasteiger partial charge >= 0.3 is 0 Å². The Bertz CT molecular complexity index is 578. The van der Waals surface area contributed by atoms with Crippen molar-refractivity contribution in [1.82, 2.24) is 0 Å². The quantitative estimate of drug-likeness (QED) is 0.758. The van der Waals surface area contributed by atoms with Crippen LogP contribution in [0.25, 0.3) is 0 Å². The summed E-state index contributed by atoms with van der Waals surface area (Å²) in [6.07, 6.45) is 2.25. The monoisotopic (exact) mass is 297 g/mol. The van der Waals surface area contributed by atoms with Crippen LogP contribution in [0.2, 0.25) is 0 Å². The zero-order chi connectivity index (χ0) is 15.8. The van der Waals surface area contributed by atoms with E-state index < -0.39 is 0 Å². The fourth-order valence-corrected chi connectivity index (χ4v) is 2.40. The van der Waals surface area contributed by atoms with Crippen LogP contribution in [-0.4, -0.2) is 12.5 Å². The number of nitrogens with one attached hydrogen (secondary N) is 1. The van der Waals surface area contributed by atoms with Gasteiger partial charge < -0.3 is 10.6 Å². The highest BCUT2D eigenvalue weighted by Crippen LogP contribution is 2.13. The van der Waals surface area contributed by atoms with Crippen molar-refractivity contribution in [2.45, 2.75) is 32.7 Å². The van der Waals surface area contributed by atoms with Gasteiger partial charge in [0, 0.05) is 11.3 Å². The van der Waals surface area contributed by atoms with E-state index >= 15 is 0 Å². The maximum atomic E-state index is 12.6. The van der Waals surface area contributed by atoms with Crippen molar-refractivity contribution in [3.63, 3.8) is 0 Å². The SMILES string of the molecule is CCCC[NH2+][C@H](C(=O)Nc1ccc(C)cc1)c1ccccc1. The third-order valence-electron chi connectivity index (χ3n) is 3.72. The Morgan fingerprint density at radius 3 is 2.41 bits per heavy atom. The number of hydrogen-bond donors (Lipinski definition) is 2. The highest BCUT2D eigenvalue weighted by Gasteiger charge is 2.23. The van der Waals surface area contributed by atoms with Gasteiger partial charge in [0.25, 0.3) is 5.91 Å². The molecule has 2 aromatic carbocycles. The zero-order valence-corrected chi connectivity index (χ0v) is 13.4. The van der Waals surface area contributed by atoms with Gasteiger partial charge in [-0.3, -0.25) is 4.79 Å². The summed E-state index contributed by atoms with van der Waals surface area (Å²) in [4.78, 5) is 12.6. The van der Waals surface area contributed by atoms with Crippen LogP contribution in [0.4, 0.5) is 5.69 Å². The number of anilines is 1. The van der Waals surface area contributed by atoms with Crippen LogP contribution in [0.1, 0.15) is 36.9 Å². The molecule has 2 aromatic rings. The second-order valence-electron chi connectivity index (χ2n) is 5.62. The number of nitrogens with two attached hydrogens (primary N) is 1. The van der Waals surface area contributed by atoms with Crippen molar-refractivity contribution in [3.8, 4) is 0 Å². The van der Waals surface area contributed by atoms with E-state index in [1.54, 1.807) is 0 Å². The summed E-state index contributed by atoms with van der Waals surface area (Å²) in [5.74, 6) is 0.0335. The van der Waals surface area contributed by atoms with E-state index in [2.05, 4.69) is 17.6 Å². The second-order valence-corrected chi connectivity index (χ2v) is 5.62. The molecule has 0 aromatic heterocycles. The molecule has 3 heteroatoms. The summed E-state index contributed by atoms with van der Waals surface area (Å²) in [7, 11) is 0. The summed E-state index contributed by atoms with van der Waals surface area (Å²) in [6, 6.07) is 17.7. The van der Waals surface area contributed by atoms with Gasteiger partial charge in [0.05, 0.1) is 6.54 Å². The van der Waals surface area contributed by atoms with Gasteiger partial charge in [0.2, 0.25) is 0 Å². The number of carbonyl (C=O) groups excluding carboxylic acids is 1. The van der Waals surface area contributed by atoms with Gasteiger partial charge in [0.1, 0.15) is 0 Å². The first-order valence-electron chi connectivity index (χ1n) is 7.96. The fraction of sp³-hybridized carbons (Fsp3) is 0.316. The van der Waals surface area contributed by atoms with Gasteiger partial charge in [-0.05, 0) is 25.5 Å². The number of rotatable bonds is 7. The van der Waals surface area contributed by atoms with Crippen molar-refractivity contribution < 1.29 is 10.1 Å². The highest BCUT2D eigenvalue weighted by atomic mass is 16.2. The summed E-state index contributed by atoms with van der Waals surface area (Å²) in [6.45, 7) is 5.16. The minimum absolute atomic E-state index is 0.0335. The van der Waals surface area contributed by atoms with Gasteiger partial charge in [0.15, 0.2) is 6.04 Å². The van der Waals surface area contributed by atoms with Gasteiger partial charge in [-0.25, -0.2) is 0 Å². The van der Waals surface area contributed by atoms with Crippen LogP contribution in [0, 0.1) is 6.92 Å². The van der Waals surface area contributed by atoms with Crippen molar-refractivity contribution in [2.75, 3.05) is 11.9 Å². The first-order chi connectivity index (χ1) is 10.7. The zero-order valence-electron chi connectivity index (χ0n) is 13.4. The highest BCUT2D eigenvalue weighted by molar-refractivity contribution is 5.94. The standard InChI is InChI=1S/C19H24N2O/c1-3-4-14-20-18(16-8-6-5-7-9-16)19(22)21-17-12-10-15(2)11-13-17/h5-13,18,20H,3-4,14H2,1-2H3,(H,21,22)/p+1/t18-/m0/s1. The minimum atomic E-state index is -0.200. The molecule has 2 rings (SSSR count). The Balaban J connectivity index is 2.09. The maximum absolute atomic E-state index is 12.6. The molecule has 0 aliphatic heterocycles. The maximum Gasteiger partial charge on any atom is 0.287 e. The second kappa shape index (κ2) is 8.35. The van der Waals surface area contributed by atoms with Crippen LogP contribution in [-0.2, 0) is 4.79 Å². The molecule has 0 bridgehead atoms. The van der Waals surface area contributed by atoms with E-state index in [4.69, 9.17) is 0 Å². The molecule has 116 valence electrons. The predicted molar refractivity (Wildman–Crippen MR) is 90.7 cm³/mol. The molecular formula is C19H25N2O+. The van der Waals surface area contributed by atoms with Crippen molar-refractivity contribution in [2.24, 2.45) is 0 Å². The van der Waals surface area contributed by atoms with E-state index in [-0.39, 0.29) is 11.9 Å². The molecule has 0 aliphatic rings. The summed E-state index contributed by atoms with van der Waals surface area (Å²) in [5.41, 5.74) is 3.08. The van der Waals surface area contributed by atoms with Crippen LogP contribution in [0.15, 0.2) is 54.6 Å². The molecule has 0 saturated heterocycles. The van der Waals surface area contributed by atoms with Crippen LogP contribution in [0.3, 0.4) is 0 Å². The third kappa shape index (κ3) is 4.71. The van der Waals surface area contributed by atoms with Gasteiger partial charge in [-0.2, -0.15) is 0 Å². The van der Waals surface area contributed by atoms with Gasteiger partial charge in [-0.15, -0.1) is 0 Å². The molecule has 0 aliphatic carbocycles. The van der Waals surface area contributed by atoms with E-state index in [1.165, 1.54) is 5.56 Å². The fourth-order valence-electron chi connectivity index (χ4n) is 2.40. The summed E-state index contributed by atoms with van der Waals surface area (Å²) >= 11 is 0. The lowest BCUT2D eigenvalue weighted by atomic mass is 10.1. The van der Waals surface area contributed by atoms with Crippen molar-refractivity contribution >= 4 is 11.6 Å². The summed E-state index contributed by atoms with van der Waals surface area (Å²) < 4.78 is 0. The largest absolute Gasteiger partial charge is 0.332 e. The lowest BCUT2D eigenvalue weighted by Gasteiger charge is -2.16. The number of quaternary nitrogens is 1. The molecule has 0 spiro atoms. The van der Waals surface area contributed by atoms with Crippen LogP contribution in [0.5, 0.6) is 0 Å². The lowest BCUT2D eigenvalue weighted by Crippen LogP contribution is -2.87. The molecule has 0 heterocycles. The number of unbranched alkanes of at least 4 members (excludes halogenated alkanes) is 1. The normalized spacial score (nSPS) is 11.9. The van der Waals surface area contributed by atoms with Crippen LogP contribution >= 0.6 is 0 Å². The Kier molecular flexibility index (Phi) is 6.16. The first-order valence-corrected chi connectivity index (χ1v) is 7.96. The van der Waals surface area contributed by atoms with E-state index in [1.807, 2.05) is 61.5 Å². The lowest BCUT2D eigenvalue weighted by molar-refractivity contribution is -0.682. The number of hydrogen-bond acceptors (Lipinski definition) is 1. The summed E-state index contributed by atoms with van der Waals surface area (Å²) in [5, 5.41) is 5.15. The average Bonchev–Trinajstić information content (AvgIpc) is 2.54. The van der Waals surface area contributed by atoms with Crippen molar-refractivity contribution in [3.05, 3.63) is 65.7 Å². The Labute approximate surface area is 132 Å².